The number of carbonyl (C=O) groups excluding carboxylic acids is 3. The molecule has 0 aliphatic carbocycles. The van der Waals surface area contributed by atoms with Crippen LogP contribution in [0.5, 0.6) is 0 Å². The zero-order chi connectivity index (χ0) is 58.4. The maximum Gasteiger partial charge on any atom is 0.490 e. The fourth-order valence-electron chi connectivity index (χ4n) is 9.92. The third-order valence-electron chi connectivity index (χ3n) is 14.3. The van der Waals surface area contributed by atoms with E-state index in [1.165, 1.54) is 36.4 Å². The molecule has 2 aliphatic heterocycles. The molecular weight excluding hydrogens is 1070 g/mol. The number of carbonyl (C=O) groups is 4. The van der Waals surface area contributed by atoms with Gasteiger partial charge in [0.1, 0.15) is 24.8 Å². The quantitative estimate of drug-likeness (QED) is 0.0234. The Kier molecular flexibility index (Phi) is 21.7. The third-order valence-corrected chi connectivity index (χ3v) is 16.3. The second-order valence-electron chi connectivity index (χ2n) is 19.9. The van der Waals surface area contributed by atoms with E-state index in [4.69, 9.17) is 24.1 Å². The van der Waals surface area contributed by atoms with Crippen LogP contribution in [0.4, 0.5) is 43.8 Å². The molecule has 1 fully saturated rings. The number of carboxylic acids is 1. The number of aliphatic hydroxyl groups excluding tert-OH is 2. The van der Waals surface area contributed by atoms with Crippen LogP contribution in [0.15, 0.2) is 120 Å². The van der Waals surface area contributed by atoms with Gasteiger partial charge in [0.25, 0.3) is 0 Å². The Labute approximate surface area is 461 Å². The third kappa shape index (κ3) is 16.1. The number of hydrogen-bond acceptors (Lipinski definition) is 12. The molecule has 22 heteroatoms. The number of β-lactam (4-membered cyclic amide) rings is 1. The first-order valence-electron chi connectivity index (χ1n) is 26.1. The largest absolute Gasteiger partial charge is 0.490 e. The van der Waals surface area contributed by atoms with E-state index in [1.54, 1.807) is 47.4 Å². The van der Waals surface area contributed by atoms with Gasteiger partial charge in [0.2, 0.25) is 11.8 Å². The number of amides is 3. The summed E-state index contributed by atoms with van der Waals surface area (Å²) in [5.41, 5.74) is 4.25. The molecule has 0 radical (unpaired) electrons. The number of alkyl halides is 3. The first-order valence-corrected chi connectivity index (χ1v) is 27.7. The van der Waals surface area contributed by atoms with Gasteiger partial charge in [-0.2, -0.15) is 13.2 Å². The Hall–Kier alpha value is -6.98. The molecule has 0 bridgehead atoms. The number of aliphatic carboxylic acids is 1. The van der Waals surface area contributed by atoms with Gasteiger partial charge in [-0.25, -0.2) is 26.8 Å². The average molecular weight is 1140 g/mol. The number of rotatable bonds is 23. The van der Waals surface area contributed by atoms with E-state index in [0.717, 1.165) is 29.7 Å². The highest BCUT2D eigenvalue weighted by molar-refractivity contribution is 7.91. The first-order chi connectivity index (χ1) is 38.0. The number of nitrogens with zero attached hydrogens (tertiary/aromatic N) is 2. The number of ether oxygens (including phenoxy) is 3. The molecule has 1 saturated heterocycles. The maximum atomic E-state index is 14.0. The van der Waals surface area contributed by atoms with Gasteiger partial charge in [0.05, 0.1) is 54.6 Å². The van der Waals surface area contributed by atoms with Gasteiger partial charge in [-0.15, -0.1) is 0 Å². The van der Waals surface area contributed by atoms with Crippen LogP contribution in [0.3, 0.4) is 0 Å². The van der Waals surface area contributed by atoms with E-state index in [1.807, 2.05) is 69.2 Å². The Morgan fingerprint density at radius 3 is 2.11 bits per heavy atom. The van der Waals surface area contributed by atoms with Crippen LogP contribution in [0.1, 0.15) is 98.3 Å². The van der Waals surface area contributed by atoms with Crippen molar-refractivity contribution in [1.29, 1.82) is 0 Å². The Bertz CT molecular complexity index is 3010. The number of carboxylic acid groups (broad SMARTS) is 1. The molecular formula is C58H67F5N4O12S. The molecule has 6 unspecified atom stereocenters. The lowest BCUT2D eigenvalue weighted by molar-refractivity contribution is -0.192. The highest BCUT2D eigenvalue weighted by atomic mass is 32.2. The van der Waals surface area contributed by atoms with Gasteiger partial charge < -0.3 is 44.6 Å². The van der Waals surface area contributed by atoms with Gasteiger partial charge in [-0.3, -0.25) is 14.9 Å². The molecule has 0 spiro atoms. The molecule has 2 aliphatic rings. The number of benzene rings is 5. The van der Waals surface area contributed by atoms with E-state index in [-0.39, 0.29) is 74.5 Å². The van der Waals surface area contributed by atoms with Crippen molar-refractivity contribution >= 4 is 50.8 Å². The van der Waals surface area contributed by atoms with Gasteiger partial charge in [0, 0.05) is 49.0 Å². The van der Waals surface area contributed by atoms with Crippen LogP contribution in [0.25, 0.3) is 0 Å². The number of aliphatic hydroxyl groups is 2. The van der Waals surface area contributed by atoms with Crippen molar-refractivity contribution in [1.82, 2.24) is 5.32 Å². The minimum atomic E-state index is -5.08. The van der Waals surface area contributed by atoms with E-state index < -0.39 is 69.2 Å². The summed E-state index contributed by atoms with van der Waals surface area (Å²) in [7, 11) is -0.0113. The number of fused-ring (bicyclic) bond motifs is 1. The number of unbranched alkanes of at least 4 members (excludes halogenated alkanes) is 1. The highest BCUT2D eigenvalue weighted by Crippen LogP contribution is 2.50. The van der Waals surface area contributed by atoms with Crippen molar-refractivity contribution in [2.75, 3.05) is 68.0 Å². The summed E-state index contributed by atoms with van der Waals surface area (Å²) in [5, 5.41) is 35.8. The zero-order valence-corrected chi connectivity index (χ0v) is 45.6. The smallest absolute Gasteiger partial charge is 0.475 e. The summed E-state index contributed by atoms with van der Waals surface area (Å²) in [5.74, 6) is -5.39. The Balaban J connectivity index is 0.00000138. The van der Waals surface area contributed by atoms with Crippen LogP contribution in [-0.2, 0) is 45.0 Å². The van der Waals surface area contributed by atoms with Gasteiger partial charge in [0.15, 0.2) is 9.84 Å². The van der Waals surface area contributed by atoms with E-state index in [9.17, 15) is 55.0 Å². The summed E-state index contributed by atoms with van der Waals surface area (Å²) in [6, 6.07) is 30.7. The van der Waals surface area contributed by atoms with Crippen molar-refractivity contribution in [2.24, 2.45) is 11.3 Å². The predicted octanol–water partition coefficient (Wildman–Crippen LogP) is 9.65. The summed E-state index contributed by atoms with van der Waals surface area (Å²) >= 11 is 0. The van der Waals surface area contributed by atoms with Crippen LogP contribution in [0.2, 0.25) is 0 Å². The lowest BCUT2D eigenvalue weighted by Crippen LogP contribution is -2.55. The maximum absolute atomic E-state index is 14.0. The molecule has 5 aromatic rings. The molecule has 16 nitrogen and oxygen atoms in total. The van der Waals surface area contributed by atoms with Crippen molar-refractivity contribution < 1.29 is 79.1 Å². The average Bonchev–Trinajstić information content (AvgIpc) is 3.77. The molecule has 5 N–H and O–H groups in total. The highest BCUT2D eigenvalue weighted by Gasteiger charge is 2.50. The monoisotopic (exact) mass is 1140 g/mol. The zero-order valence-electron chi connectivity index (χ0n) is 44.8. The molecule has 5 aromatic carbocycles. The van der Waals surface area contributed by atoms with E-state index >= 15 is 0 Å². The number of hydrogen-bond donors (Lipinski definition) is 5. The SMILES string of the molecule is CCCCC1(CC)CS(=O)(=O)c2ccc(N(C)C)cc2C(c2cccc(NC(=O)OCCOCCOCC(=O)NCc3ccc(C4C(CCC(O)c5ccc(F)cc5)C(=O)N4c4ccc(F)cc4)cc3)c2)C1O.O=C(O)C(F)(F)F. The second-order valence-corrected chi connectivity index (χ2v) is 21.8. The lowest BCUT2D eigenvalue weighted by Gasteiger charge is -2.48. The molecule has 2 heterocycles. The van der Waals surface area contributed by atoms with Gasteiger partial charge in [-0.1, -0.05) is 75.2 Å². The predicted molar refractivity (Wildman–Crippen MR) is 289 cm³/mol. The van der Waals surface area contributed by atoms with Crippen molar-refractivity contribution in [2.45, 2.75) is 94.2 Å². The van der Waals surface area contributed by atoms with Crippen LogP contribution in [-0.4, -0.2) is 113 Å². The summed E-state index contributed by atoms with van der Waals surface area (Å²) < 4.78 is 103. The standard InChI is InChI=1S/C56H66F2N4O10S.C2HF3O2/c1-5-7-27-56(6-2)36-73(68,69)49-26-23-45(61(3)4)33-47(49)51(53(56)65)40-9-8-10-43(32-40)60-55(67)72-31-30-70-28-29-71-35-50(64)59-34-37-11-13-39(14-12-37)52-46(24-25-48(63)38-15-17-41(57)18-16-38)54(66)62(52)44-21-19-42(58)20-22-44;3-2(4,5)1(6)7/h8-23,26,32-33,46,48,51-53,63,65H,5-7,24-25,27-31,34-36H2,1-4H3,(H,59,64)(H,60,67);(H,6,7). The molecule has 0 aromatic heterocycles. The van der Waals surface area contributed by atoms with Crippen LogP contribution >= 0.6 is 0 Å². The summed E-state index contributed by atoms with van der Waals surface area (Å²) in [4.78, 5) is 51.6. The van der Waals surface area contributed by atoms with Crippen molar-refractivity contribution in [3.63, 3.8) is 0 Å². The fraction of sp³-hybridized carbons (Fsp3) is 0.414. The van der Waals surface area contributed by atoms with Crippen LogP contribution < -0.4 is 20.4 Å². The summed E-state index contributed by atoms with van der Waals surface area (Å²) in [6.45, 7) is 4.24. The Morgan fingerprint density at radius 2 is 1.49 bits per heavy atom. The van der Waals surface area contributed by atoms with E-state index in [0.29, 0.717) is 47.3 Å². The van der Waals surface area contributed by atoms with Gasteiger partial charge >= 0.3 is 18.2 Å². The number of sulfone groups is 1. The Morgan fingerprint density at radius 1 is 0.850 bits per heavy atom. The number of anilines is 3. The minimum absolute atomic E-state index is 0.0657. The van der Waals surface area contributed by atoms with Crippen molar-refractivity contribution in [3.05, 3.63) is 155 Å². The minimum Gasteiger partial charge on any atom is -0.475 e. The molecule has 0 saturated carbocycles. The van der Waals surface area contributed by atoms with E-state index in [2.05, 4.69) is 10.6 Å². The molecule has 6 atom stereocenters. The van der Waals surface area contributed by atoms with Gasteiger partial charge in [-0.05, 0) is 120 Å². The number of nitrogens with one attached hydrogen (secondary N) is 2. The lowest BCUT2D eigenvalue weighted by atomic mass is 9.69. The topological polar surface area (TPSA) is 221 Å². The fourth-order valence-corrected chi connectivity index (χ4v) is 12.2. The normalized spacial score (nSPS) is 19.7. The second kappa shape index (κ2) is 27.9. The molecule has 80 heavy (non-hydrogen) atoms. The molecule has 432 valence electrons. The van der Waals surface area contributed by atoms with Crippen LogP contribution in [0, 0.1) is 23.0 Å². The van der Waals surface area contributed by atoms with Crippen molar-refractivity contribution in [3.8, 4) is 0 Å². The first kappa shape index (κ1) is 62.2. The molecule has 7 rings (SSSR count). The summed E-state index contributed by atoms with van der Waals surface area (Å²) in [6.07, 6.45) is -4.43. The number of halogens is 5. The molecule has 3 amide bonds.